The number of amides is 1. The van der Waals surface area contributed by atoms with Crippen molar-refractivity contribution in [3.8, 4) is 23.0 Å². The lowest BCUT2D eigenvalue weighted by atomic mass is 10.2. The van der Waals surface area contributed by atoms with Gasteiger partial charge in [0.15, 0.2) is 11.5 Å². The Bertz CT molecular complexity index is 758. The molecular formula is C16H17N3O4S. The minimum Gasteiger partial charge on any atom is -0.454 e. The Kier molecular flexibility index (Phi) is 4.05. The first kappa shape index (κ1) is 15.3. The molecular weight excluding hydrogens is 330 g/mol. The van der Waals surface area contributed by atoms with E-state index in [4.69, 9.17) is 13.9 Å². The molecule has 24 heavy (non-hydrogen) atoms. The SMILES string of the molecule is C[C@@H](Sc1nnc(-c2ccc3c(c2)OCO3)o1)C(=O)N1CCCC1. The lowest BCUT2D eigenvalue weighted by Crippen LogP contribution is -2.34. The number of rotatable bonds is 4. The van der Waals surface area contributed by atoms with E-state index in [1.54, 1.807) is 0 Å². The maximum absolute atomic E-state index is 12.3. The van der Waals surface area contributed by atoms with Gasteiger partial charge in [-0.05, 0) is 38.0 Å². The molecule has 126 valence electrons. The van der Waals surface area contributed by atoms with Crippen LogP contribution in [0.2, 0.25) is 0 Å². The molecule has 1 fully saturated rings. The van der Waals surface area contributed by atoms with Crippen LogP contribution in [-0.4, -0.2) is 46.1 Å². The molecule has 4 rings (SSSR count). The Morgan fingerprint density at radius 3 is 2.83 bits per heavy atom. The molecule has 2 aromatic rings. The van der Waals surface area contributed by atoms with Crippen molar-refractivity contribution < 1.29 is 18.7 Å². The average molecular weight is 347 g/mol. The normalized spacial score (nSPS) is 17.3. The van der Waals surface area contributed by atoms with Crippen molar-refractivity contribution in [1.29, 1.82) is 0 Å². The Hall–Kier alpha value is -2.22. The third-order valence-electron chi connectivity index (χ3n) is 4.07. The van der Waals surface area contributed by atoms with E-state index in [2.05, 4.69) is 10.2 Å². The van der Waals surface area contributed by atoms with Crippen LogP contribution in [-0.2, 0) is 4.79 Å². The number of aromatic nitrogens is 2. The first-order valence-electron chi connectivity index (χ1n) is 7.90. The van der Waals surface area contributed by atoms with Gasteiger partial charge in [-0.2, -0.15) is 0 Å². The fourth-order valence-electron chi connectivity index (χ4n) is 2.80. The van der Waals surface area contributed by atoms with Crippen molar-refractivity contribution in [2.45, 2.75) is 30.2 Å². The van der Waals surface area contributed by atoms with Gasteiger partial charge in [0.1, 0.15) is 0 Å². The fraction of sp³-hybridized carbons (Fsp3) is 0.438. The topological polar surface area (TPSA) is 77.7 Å². The van der Waals surface area contributed by atoms with Crippen LogP contribution in [0.5, 0.6) is 11.5 Å². The largest absolute Gasteiger partial charge is 0.454 e. The van der Waals surface area contributed by atoms with Gasteiger partial charge in [-0.15, -0.1) is 10.2 Å². The molecule has 2 aliphatic heterocycles. The highest BCUT2D eigenvalue weighted by Gasteiger charge is 2.26. The van der Waals surface area contributed by atoms with Gasteiger partial charge in [-0.3, -0.25) is 4.79 Å². The zero-order chi connectivity index (χ0) is 16.5. The number of thioether (sulfide) groups is 1. The summed E-state index contributed by atoms with van der Waals surface area (Å²) in [7, 11) is 0. The van der Waals surface area contributed by atoms with Crippen molar-refractivity contribution in [2.75, 3.05) is 19.9 Å². The number of ether oxygens (including phenoxy) is 2. The summed E-state index contributed by atoms with van der Waals surface area (Å²) in [6.45, 7) is 3.78. The lowest BCUT2D eigenvalue weighted by Gasteiger charge is -2.18. The summed E-state index contributed by atoms with van der Waals surface area (Å²) in [6.07, 6.45) is 2.16. The van der Waals surface area contributed by atoms with Crippen LogP contribution in [0.4, 0.5) is 0 Å². The van der Waals surface area contributed by atoms with Crippen LogP contribution in [0.25, 0.3) is 11.5 Å². The van der Waals surface area contributed by atoms with Gasteiger partial charge in [-0.1, -0.05) is 11.8 Å². The van der Waals surface area contributed by atoms with E-state index in [1.165, 1.54) is 11.8 Å². The van der Waals surface area contributed by atoms with E-state index >= 15 is 0 Å². The van der Waals surface area contributed by atoms with Gasteiger partial charge in [0.2, 0.25) is 18.6 Å². The van der Waals surface area contributed by atoms with E-state index < -0.39 is 0 Å². The van der Waals surface area contributed by atoms with Crippen LogP contribution in [0.1, 0.15) is 19.8 Å². The highest BCUT2D eigenvalue weighted by atomic mass is 32.2. The van der Waals surface area contributed by atoms with Gasteiger partial charge in [-0.25, -0.2) is 0 Å². The van der Waals surface area contributed by atoms with Crippen LogP contribution in [0.15, 0.2) is 27.8 Å². The van der Waals surface area contributed by atoms with Crippen LogP contribution < -0.4 is 9.47 Å². The quantitative estimate of drug-likeness (QED) is 0.787. The minimum absolute atomic E-state index is 0.125. The van der Waals surface area contributed by atoms with E-state index in [1.807, 2.05) is 30.0 Å². The van der Waals surface area contributed by atoms with E-state index in [0.717, 1.165) is 31.5 Å². The van der Waals surface area contributed by atoms with Crippen molar-refractivity contribution in [3.05, 3.63) is 18.2 Å². The fourth-order valence-corrected chi connectivity index (χ4v) is 3.57. The van der Waals surface area contributed by atoms with Gasteiger partial charge >= 0.3 is 0 Å². The van der Waals surface area contributed by atoms with Gasteiger partial charge in [0.25, 0.3) is 5.22 Å². The predicted octanol–water partition coefficient (Wildman–Crippen LogP) is 2.57. The molecule has 1 saturated heterocycles. The van der Waals surface area contributed by atoms with Crippen LogP contribution in [0, 0.1) is 0 Å². The highest BCUT2D eigenvalue weighted by Crippen LogP contribution is 2.36. The molecule has 0 saturated carbocycles. The Morgan fingerprint density at radius 2 is 2.00 bits per heavy atom. The number of fused-ring (bicyclic) bond motifs is 1. The molecule has 0 aliphatic carbocycles. The summed E-state index contributed by atoms with van der Waals surface area (Å²) in [5, 5.41) is 8.25. The molecule has 3 heterocycles. The Morgan fingerprint density at radius 1 is 1.21 bits per heavy atom. The van der Waals surface area contributed by atoms with Crippen molar-refractivity contribution in [3.63, 3.8) is 0 Å². The Labute approximate surface area is 143 Å². The molecule has 0 N–H and O–H groups in total. The average Bonchev–Trinajstić information content (AvgIpc) is 3.34. The number of carbonyl (C=O) groups is 1. The monoisotopic (exact) mass is 347 g/mol. The maximum Gasteiger partial charge on any atom is 0.277 e. The number of nitrogens with zero attached hydrogens (tertiary/aromatic N) is 3. The highest BCUT2D eigenvalue weighted by molar-refractivity contribution is 8.00. The second-order valence-corrected chi connectivity index (χ2v) is 7.03. The summed E-state index contributed by atoms with van der Waals surface area (Å²) in [5.41, 5.74) is 0.761. The summed E-state index contributed by atoms with van der Waals surface area (Å²) in [5.74, 6) is 1.90. The zero-order valence-electron chi connectivity index (χ0n) is 13.2. The second-order valence-electron chi connectivity index (χ2n) is 5.73. The molecule has 1 amide bonds. The lowest BCUT2D eigenvalue weighted by molar-refractivity contribution is -0.129. The summed E-state index contributed by atoms with van der Waals surface area (Å²) in [6, 6.07) is 5.46. The summed E-state index contributed by atoms with van der Waals surface area (Å²) in [4.78, 5) is 14.2. The number of hydrogen-bond acceptors (Lipinski definition) is 7. The molecule has 0 spiro atoms. The predicted molar refractivity (Wildman–Crippen MR) is 87.0 cm³/mol. The van der Waals surface area contributed by atoms with Crippen LogP contribution >= 0.6 is 11.8 Å². The molecule has 1 atom stereocenters. The number of likely N-dealkylation sites (tertiary alicyclic amines) is 1. The number of benzene rings is 1. The molecule has 1 aromatic carbocycles. The first-order chi connectivity index (χ1) is 11.7. The van der Waals surface area contributed by atoms with Gasteiger partial charge in [0.05, 0.1) is 5.25 Å². The molecule has 0 unspecified atom stereocenters. The maximum atomic E-state index is 12.3. The summed E-state index contributed by atoms with van der Waals surface area (Å²) >= 11 is 1.29. The number of carbonyl (C=O) groups excluding carboxylic acids is 1. The minimum atomic E-state index is -0.242. The van der Waals surface area contributed by atoms with Crippen LogP contribution in [0.3, 0.4) is 0 Å². The molecule has 2 aliphatic rings. The zero-order valence-corrected chi connectivity index (χ0v) is 14.0. The molecule has 7 nitrogen and oxygen atoms in total. The van der Waals surface area contributed by atoms with Crippen molar-refractivity contribution in [1.82, 2.24) is 15.1 Å². The van der Waals surface area contributed by atoms with Gasteiger partial charge in [0, 0.05) is 18.7 Å². The van der Waals surface area contributed by atoms with E-state index in [-0.39, 0.29) is 18.0 Å². The second kappa shape index (κ2) is 6.35. The first-order valence-corrected chi connectivity index (χ1v) is 8.77. The third kappa shape index (κ3) is 2.93. The standard InChI is InChI=1S/C16H17N3O4S/c1-10(15(20)19-6-2-3-7-19)24-16-18-17-14(23-16)11-4-5-12-13(8-11)22-9-21-12/h4-5,8,10H,2-3,6-7,9H2,1H3/t10-/m1/s1. The summed E-state index contributed by atoms with van der Waals surface area (Å²) < 4.78 is 16.3. The van der Waals surface area contributed by atoms with Gasteiger partial charge < -0.3 is 18.8 Å². The van der Waals surface area contributed by atoms with E-state index in [0.29, 0.717) is 22.6 Å². The smallest absolute Gasteiger partial charge is 0.277 e. The van der Waals surface area contributed by atoms with Crippen molar-refractivity contribution in [2.24, 2.45) is 0 Å². The molecule has 8 heteroatoms. The molecule has 1 aromatic heterocycles. The number of hydrogen-bond donors (Lipinski definition) is 0. The molecule has 0 radical (unpaired) electrons. The molecule has 0 bridgehead atoms. The third-order valence-corrected chi connectivity index (χ3v) is 4.99. The van der Waals surface area contributed by atoms with Crippen molar-refractivity contribution >= 4 is 17.7 Å². The Balaban J connectivity index is 1.45. The van der Waals surface area contributed by atoms with E-state index in [9.17, 15) is 4.79 Å².